The molecule has 0 bridgehead atoms. The molecular weight excluding hydrogens is 281 g/mol. The molecule has 0 fully saturated rings. The molecule has 1 aromatic heterocycles. The van der Waals surface area contributed by atoms with Crippen molar-refractivity contribution in [3.8, 4) is 0 Å². The van der Waals surface area contributed by atoms with Gasteiger partial charge in [-0.05, 0) is 29.8 Å². The van der Waals surface area contributed by atoms with Gasteiger partial charge >= 0.3 is 0 Å². The second-order valence-electron chi connectivity index (χ2n) is 4.10. The van der Waals surface area contributed by atoms with Crippen molar-refractivity contribution >= 4 is 10.0 Å². The molecule has 0 saturated heterocycles. The van der Waals surface area contributed by atoms with E-state index in [4.69, 9.17) is 5.73 Å². The molecule has 0 radical (unpaired) electrons. The number of nitrogens with two attached hydrogens (primary N) is 1. The van der Waals surface area contributed by atoms with Gasteiger partial charge in [-0.2, -0.15) is 0 Å². The van der Waals surface area contributed by atoms with E-state index in [1.807, 2.05) is 0 Å². The Morgan fingerprint density at radius 1 is 1.20 bits per heavy atom. The average Bonchev–Trinajstić information content (AvgIpc) is 2.46. The molecule has 3 N–H and O–H groups in total. The topological polar surface area (TPSA) is 85.1 Å². The molecule has 7 heteroatoms. The Hall–Kier alpha value is -1.83. The Labute approximate surface area is 116 Å². The van der Waals surface area contributed by atoms with Gasteiger partial charge in [0.1, 0.15) is 5.82 Å². The number of hydrogen-bond donors (Lipinski definition) is 2. The molecule has 0 aliphatic heterocycles. The monoisotopic (exact) mass is 295 g/mol. The maximum Gasteiger partial charge on any atom is 0.241 e. The third-order valence-electron chi connectivity index (χ3n) is 2.79. The van der Waals surface area contributed by atoms with Crippen LogP contribution in [0.4, 0.5) is 4.39 Å². The molecule has 0 saturated carbocycles. The van der Waals surface area contributed by atoms with E-state index in [2.05, 4.69) is 9.71 Å². The molecule has 0 unspecified atom stereocenters. The number of rotatable bonds is 5. The normalized spacial score (nSPS) is 11.5. The van der Waals surface area contributed by atoms with Crippen LogP contribution >= 0.6 is 0 Å². The maximum atomic E-state index is 13.6. The van der Waals surface area contributed by atoms with Gasteiger partial charge in [0.05, 0.1) is 4.90 Å². The summed E-state index contributed by atoms with van der Waals surface area (Å²) in [5, 5.41) is 0. The summed E-state index contributed by atoms with van der Waals surface area (Å²) >= 11 is 0. The fourth-order valence-electron chi connectivity index (χ4n) is 1.75. The van der Waals surface area contributed by atoms with E-state index in [9.17, 15) is 12.8 Å². The Kier molecular flexibility index (Phi) is 4.43. The van der Waals surface area contributed by atoms with Crippen molar-refractivity contribution in [1.29, 1.82) is 0 Å². The highest BCUT2D eigenvalue weighted by atomic mass is 32.2. The lowest BCUT2D eigenvalue weighted by Crippen LogP contribution is -2.25. The molecule has 1 heterocycles. The number of benzene rings is 1. The van der Waals surface area contributed by atoms with E-state index in [1.54, 1.807) is 24.5 Å². The van der Waals surface area contributed by atoms with Gasteiger partial charge in [-0.1, -0.05) is 6.07 Å². The van der Waals surface area contributed by atoms with Crippen LogP contribution in [-0.4, -0.2) is 13.4 Å². The zero-order chi connectivity index (χ0) is 14.6. The van der Waals surface area contributed by atoms with Crippen LogP contribution in [0.15, 0.2) is 47.6 Å². The summed E-state index contributed by atoms with van der Waals surface area (Å²) in [6.07, 6.45) is 3.13. The molecule has 2 aromatic rings. The fraction of sp³-hybridized carbons (Fsp3) is 0.154. The van der Waals surface area contributed by atoms with Gasteiger partial charge in [-0.25, -0.2) is 17.5 Å². The standard InChI is InChI=1S/C13H14FN3O2S/c14-12-2-1-3-13(11(12)8-15)20(18,19)17-9-10-4-6-16-7-5-10/h1-7,17H,8-9,15H2. The average molecular weight is 295 g/mol. The summed E-state index contributed by atoms with van der Waals surface area (Å²) in [5.74, 6) is -0.626. The maximum absolute atomic E-state index is 13.6. The van der Waals surface area contributed by atoms with Gasteiger partial charge in [-0.15, -0.1) is 0 Å². The molecular formula is C13H14FN3O2S. The van der Waals surface area contributed by atoms with Crippen LogP contribution in [-0.2, 0) is 23.1 Å². The van der Waals surface area contributed by atoms with Crippen LogP contribution in [0, 0.1) is 5.82 Å². The minimum atomic E-state index is -3.81. The zero-order valence-corrected chi connectivity index (χ0v) is 11.4. The Morgan fingerprint density at radius 2 is 1.90 bits per heavy atom. The van der Waals surface area contributed by atoms with E-state index in [-0.39, 0.29) is 23.5 Å². The quantitative estimate of drug-likeness (QED) is 0.866. The predicted molar refractivity (Wildman–Crippen MR) is 72.6 cm³/mol. The van der Waals surface area contributed by atoms with Crippen molar-refractivity contribution in [2.75, 3.05) is 0 Å². The number of hydrogen-bond acceptors (Lipinski definition) is 4. The van der Waals surface area contributed by atoms with Crippen molar-refractivity contribution in [2.45, 2.75) is 18.0 Å². The van der Waals surface area contributed by atoms with Crippen LogP contribution in [0.1, 0.15) is 11.1 Å². The van der Waals surface area contributed by atoms with Gasteiger partial charge in [0, 0.05) is 31.0 Å². The zero-order valence-electron chi connectivity index (χ0n) is 10.6. The molecule has 0 amide bonds. The molecule has 1 aromatic carbocycles. The second kappa shape index (κ2) is 6.08. The van der Waals surface area contributed by atoms with Gasteiger partial charge in [0.2, 0.25) is 10.0 Å². The summed E-state index contributed by atoms with van der Waals surface area (Å²) < 4.78 is 40.4. The highest BCUT2D eigenvalue weighted by Gasteiger charge is 2.19. The third kappa shape index (κ3) is 3.19. The number of pyridine rings is 1. The van der Waals surface area contributed by atoms with E-state index >= 15 is 0 Å². The van der Waals surface area contributed by atoms with E-state index < -0.39 is 15.8 Å². The van der Waals surface area contributed by atoms with Gasteiger partial charge in [-0.3, -0.25) is 4.98 Å². The van der Waals surface area contributed by atoms with Crippen LogP contribution < -0.4 is 10.5 Å². The molecule has 0 aliphatic carbocycles. The van der Waals surface area contributed by atoms with Crippen LogP contribution in [0.3, 0.4) is 0 Å². The van der Waals surface area contributed by atoms with Crippen molar-refractivity contribution in [1.82, 2.24) is 9.71 Å². The lowest BCUT2D eigenvalue weighted by atomic mass is 10.2. The summed E-state index contributed by atoms with van der Waals surface area (Å²) in [6, 6.07) is 7.25. The SMILES string of the molecule is NCc1c(F)cccc1S(=O)(=O)NCc1ccncc1. The van der Waals surface area contributed by atoms with Gasteiger partial charge in [0.25, 0.3) is 0 Å². The number of sulfonamides is 1. The first-order valence-corrected chi connectivity index (χ1v) is 7.39. The van der Waals surface area contributed by atoms with Crippen LogP contribution in [0.5, 0.6) is 0 Å². The Morgan fingerprint density at radius 3 is 2.55 bits per heavy atom. The summed E-state index contributed by atoms with van der Waals surface area (Å²) in [5.41, 5.74) is 6.15. The molecule has 2 rings (SSSR count). The minimum Gasteiger partial charge on any atom is -0.326 e. The second-order valence-corrected chi connectivity index (χ2v) is 5.84. The van der Waals surface area contributed by atoms with Crippen LogP contribution in [0.25, 0.3) is 0 Å². The molecule has 106 valence electrons. The van der Waals surface area contributed by atoms with E-state index in [0.717, 1.165) is 5.56 Å². The predicted octanol–water partition coefficient (Wildman–Crippen LogP) is 1.16. The molecule has 0 aliphatic rings. The van der Waals surface area contributed by atoms with Crippen molar-refractivity contribution in [3.63, 3.8) is 0 Å². The third-order valence-corrected chi connectivity index (χ3v) is 4.27. The van der Waals surface area contributed by atoms with Gasteiger partial charge < -0.3 is 5.73 Å². The molecule has 0 spiro atoms. The first kappa shape index (κ1) is 14.6. The highest BCUT2D eigenvalue weighted by Crippen LogP contribution is 2.18. The lowest BCUT2D eigenvalue weighted by Gasteiger charge is -2.11. The van der Waals surface area contributed by atoms with Crippen molar-refractivity contribution in [2.24, 2.45) is 5.73 Å². The van der Waals surface area contributed by atoms with Crippen molar-refractivity contribution < 1.29 is 12.8 Å². The largest absolute Gasteiger partial charge is 0.326 e. The van der Waals surface area contributed by atoms with Gasteiger partial charge in [0.15, 0.2) is 0 Å². The highest BCUT2D eigenvalue weighted by molar-refractivity contribution is 7.89. The smallest absolute Gasteiger partial charge is 0.241 e. The lowest BCUT2D eigenvalue weighted by molar-refractivity contribution is 0.571. The molecule has 20 heavy (non-hydrogen) atoms. The van der Waals surface area contributed by atoms with Crippen molar-refractivity contribution in [3.05, 3.63) is 59.7 Å². The minimum absolute atomic E-state index is 0.0188. The first-order valence-electron chi connectivity index (χ1n) is 5.90. The summed E-state index contributed by atoms with van der Waals surface area (Å²) in [6.45, 7) is -0.0798. The van der Waals surface area contributed by atoms with Crippen LogP contribution in [0.2, 0.25) is 0 Å². The fourth-order valence-corrected chi connectivity index (χ4v) is 3.02. The summed E-state index contributed by atoms with van der Waals surface area (Å²) in [4.78, 5) is 3.71. The van der Waals surface area contributed by atoms with E-state index in [1.165, 1.54) is 18.2 Å². The Balaban J connectivity index is 2.25. The van der Waals surface area contributed by atoms with E-state index in [0.29, 0.717) is 0 Å². The molecule has 0 atom stereocenters. The Bertz CT molecular complexity index is 690. The number of aromatic nitrogens is 1. The number of nitrogens with one attached hydrogen (secondary N) is 1. The number of nitrogens with zero attached hydrogens (tertiary/aromatic N) is 1. The first-order chi connectivity index (χ1) is 9.54. The number of halogens is 1. The molecule has 5 nitrogen and oxygen atoms in total. The summed E-state index contributed by atoms with van der Waals surface area (Å²) in [7, 11) is -3.81.